The summed E-state index contributed by atoms with van der Waals surface area (Å²) in [6.07, 6.45) is 7.23. The first-order valence-electron chi connectivity index (χ1n) is 10.8. The fourth-order valence-corrected chi connectivity index (χ4v) is 6.72. The smallest absolute Gasteiger partial charge is 0.278 e. The SMILES string of the molecule is O=C(C[NH+]1CCN(S(=O)(=O)c2cccc(F)c2)CC1)N1CCC[C@H]2CCCC[C@@H]21. The third-order valence-electron chi connectivity index (χ3n) is 6.83. The second-order valence-corrected chi connectivity index (χ2v) is 10.6. The maximum Gasteiger partial charge on any atom is 0.278 e. The minimum Gasteiger partial charge on any atom is -0.335 e. The molecule has 1 aromatic carbocycles. The van der Waals surface area contributed by atoms with E-state index < -0.39 is 15.8 Å². The number of nitrogens with one attached hydrogen (secondary N) is 1. The van der Waals surface area contributed by atoms with Crippen LogP contribution >= 0.6 is 0 Å². The lowest BCUT2D eigenvalue weighted by Crippen LogP contribution is -3.15. The van der Waals surface area contributed by atoms with E-state index in [1.165, 1.54) is 48.2 Å². The van der Waals surface area contributed by atoms with Gasteiger partial charge in [0.2, 0.25) is 10.0 Å². The fraction of sp³-hybridized carbons (Fsp3) is 0.667. The van der Waals surface area contributed by atoms with Gasteiger partial charge in [-0.15, -0.1) is 0 Å². The van der Waals surface area contributed by atoms with Gasteiger partial charge in [-0.2, -0.15) is 4.31 Å². The number of nitrogens with zero attached hydrogens (tertiary/aromatic N) is 2. The van der Waals surface area contributed by atoms with Gasteiger partial charge in [0.15, 0.2) is 6.54 Å². The predicted molar refractivity (Wildman–Crippen MR) is 107 cm³/mol. The van der Waals surface area contributed by atoms with Crippen LogP contribution in [0.5, 0.6) is 0 Å². The fourth-order valence-electron chi connectivity index (χ4n) is 5.25. The molecule has 8 heteroatoms. The summed E-state index contributed by atoms with van der Waals surface area (Å²) in [6.45, 7) is 3.22. The van der Waals surface area contributed by atoms with Crippen LogP contribution in [0.25, 0.3) is 0 Å². The number of hydrogen-bond donors (Lipinski definition) is 1. The Bertz CT molecular complexity index is 837. The van der Waals surface area contributed by atoms with Gasteiger partial charge < -0.3 is 9.80 Å². The molecule has 0 aromatic heterocycles. The average Bonchev–Trinajstić information content (AvgIpc) is 2.73. The normalized spacial score (nSPS) is 26.9. The Morgan fingerprint density at radius 1 is 1.07 bits per heavy atom. The van der Waals surface area contributed by atoms with E-state index in [1.54, 1.807) is 0 Å². The van der Waals surface area contributed by atoms with Crippen molar-refractivity contribution in [3.05, 3.63) is 30.1 Å². The Morgan fingerprint density at radius 2 is 1.79 bits per heavy atom. The summed E-state index contributed by atoms with van der Waals surface area (Å²) < 4.78 is 40.3. The average molecular weight is 425 g/mol. The van der Waals surface area contributed by atoms with E-state index in [0.717, 1.165) is 30.4 Å². The molecule has 0 spiro atoms. The Kier molecular flexibility index (Phi) is 6.22. The lowest BCUT2D eigenvalue weighted by Gasteiger charge is -2.44. The molecule has 4 rings (SSSR count). The third kappa shape index (κ3) is 4.49. The summed E-state index contributed by atoms with van der Waals surface area (Å²) in [6, 6.07) is 5.57. The lowest BCUT2D eigenvalue weighted by atomic mass is 9.78. The van der Waals surface area contributed by atoms with Crippen LogP contribution in [0, 0.1) is 11.7 Å². The zero-order valence-electron chi connectivity index (χ0n) is 16.9. The number of quaternary nitrogens is 1. The molecule has 1 N–H and O–H groups in total. The van der Waals surface area contributed by atoms with Crippen molar-refractivity contribution in [3.63, 3.8) is 0 Å². The number of carbonyl (C=O) groups is 1. The largest absolute Gasteiger partial charge is 0.335 e. The quantitative estimate of drug-likeness (QED) is 0.781. The molecule has 1 saturated carbocycles. The summed E-state index contributed by atoms with van der Waals surface area (Å²) in [4.78, 5) is 16.2. The number of hydrogen-bond acceptors (Lipinski definition) is 3. The van der Waals surface area contributed by atoms with Crippen LogP contribution in [0.4, 0.5) is 4.39 Å². The molecule has 2 aliphatic heterocycles. The molecular weight excluding hydrogens is 393 g/mol. The van der Waals surface area contributed by atoms with Gasteiger partial charge in [0, 0.05) is 12.6 Å². The van der Waals surface area contributed by atoms with Crippen molar-refractivity contribution >= 4 is 15.9 Å². The Hall–Kier alpha value is -1.51. The molecule has 6 nitrogen and oxygen atoms in total. The number of piperazine rings is 1. The minimum absolute atomic E-state index is 0.00585. The van der Waals surface area contributed by atoms with Crippen LogP contribution in [0.2, 0.25) is 0 Å². The van der Waals surface area contributed by atoms with E-state index in [-0.39, 0.29) is 10.8 Å². The van der Waals surface area contributed by atoms with Crippen LogP contribution in [0.15, 0.2) is 29.2 Å². The van der Waals surface area contributed by atoms with Crippen molar-refractivity contribution in [3.8, 4) is 0 Å². The number of benzene rings is 1. The van der Waals surface area contributed by atoms with Crippen LogP contribution < -0.4 is 4.90 Å². The predicted octanol–water partition coefficient (Wildman–Crippen LogP) is 0.896. The number of sulfonamides is 1. The molecule has 160 valence electrons. The molecule has 1 aromatic rings. The highest BCUT2D eigenvalue weighted by Crippen LogP contribution is 2.35. The second-order valence-electron chi connectivity index (χ2n) is 8.63. The van der Waals surface area contributed by atoms with Gasteiger partial charge in [-0.3, -0.25) is 4.79 Å². The van der Waals surface area contributed by atoms with E-state index in [1.807, 2.05) is 0 Å². The molecule has 29 heavy (non-hydrogen) atoms. The second kappa shape index (κ2) is 8.70. The van der Waals surface area contributed by atoms with Crippen LogP contribution in [0.3, 0.4) is 0 Å². The van der Waals surface area contributed by atoms with Crippen LogP contribution in [-0.4, -0.2) is 68.8 Å². The maximum absolute atomic E-state index is 13.4. The minimum atomic E-state index is -3.69. The highest BCUT2D eigenvalue weighted by Gasteiger charge is 2.38. The number of fused-ring (bicyclic) bond motifs is 1. The van der Waals surface area contributed by atoms with Crippen molar-refractivity contribution in [2.24, 2.45) is 5.92 Å². The Balaban J connectivity index is 1.33. The van der Waals surface area contributed by atoms with Gasteiger partial charge >= 0.3 is 0 Å². The van der Waals surface area contributed by atoms with Gasteiger partial charge in [0.1, 0.15) is 5.82 Å². The number of halogens is 1. The van der Waals surface area contributed by atoms with E-state index in [9.17, 15) is 17.6 Å². The zero-order chi connectivity index (χ0) is 20.4. The van der Waals surface area contributed by atoms with Crippen molar-refractivity contribution in [2.75, 3.05) is 39.3 Å². The highest BCUT2D eigenvalue weighted by atomic mass is 32.2. The number of likely N-dealkylation sites (tertiary alicyclic amines) is 1. The van der Waals surface area contributed by atoms with Crippen molar-refractivity contribution in [1.82, 2.24) is 9.21 Å². The van der Waals surface area contributed by atoms with Crippen LogP contribution in [-0.2, 0) is 14.8 Å². The van der Waals surface area contributed by atoms with Gasteiger partial charge in [-0.05, 0) is 49.8 Å². The molecule has 2 heterocycles. The van der Waals surface area contributed by atoms with Crippen molar-refractivity contribution in [1.29, 1.82) is 0 Å². The number of rotatable bonds is 4. The molecule has 0 unspecified atom stereocenters. The van der Waals surface area contributed by atoms with Crippen LogP contribution in [0.1, 0.15) is 38.5 Å². The Morgan fingerprint density at radius 3 is 2.55 bits per heavy atom. The zero-order valence-corrected chi connectivity index (χ0v) is 17.7. The molecule has 3 fully saturated rings. The Labute approximate surface area is 172 Å². The topological polar surface area (TPSA) is 62.1 Å². The highest BCUT2D eigenvalue weighted by molar-refractivity contribution is 7.89. The van der Waals surface area contributed by atoms with E-state index in [2.05, 4.69) is 4.90 Å². The van der Waals surface area contributed by atoms with Crippen molar-refractivity contribution < 1.29 is 22.5 Å². The molecule has 1 amide bonds. The summed E-state index contributed by atoms with van der Waals surface area (Å²) in [5.41, 5.74) is 0. The molecule has 2 atom stereocenters. The molecule has 0 radical (unpaired) electrons. The molecular formula is C21H31FN3O3S+. The number of amides is 1. The first-order valence-corrected chi connectivity index (χ1v) is 12.3. The van der Waals surface area contributed by atoms with Gasteiger partial charge in [0.05, 0.1) is 31.1 Å². The van der Waals surface area contributed by atoms with Gasteiger partial charge in [0.25, 0.3) is 5.91 Å². The van der Waals surface area contributed by atoms with E-state index >= 15 is 0 Å². The van der Waals surface area contributed by atoms with Crippen molar-refractivity contribution in [2.45, 2.75) is 49.5 Å². The molecule has 1 aliphatic carbocycles. The summed E-state index contributed by atoms with van der Waals surface area (Å²) in [5.74, 6) is 0.339. The molecule has 3 aliphatic rings. The number of carbonyl (C=O) groups excluding carboxylic acids is 1. The van der Waals surface area contributed by atoms with Gasteiger partial charge in [-0.1, -0.05) is 18.9 Å². The molecule has 0 bridgehead atoms. The number of piperidine rings is 1. The third-order valence-corrected chi connectivity index (χ3v) is 8.72. The van der Waals surface area contributed by atoms with Gasteiger partial charge in [-0.25, -0.2) is 12.8 Å². The summed E-state index contributed by atoms with van der Waals surface area (Å²) in [5, 5.41) is 0. The van der Waals surface area contributed by atoms with E-state index in [0.29, 0.717) is 44.7 Å². The summed E-state index contributed by atoms with van der Waals surface area (Å²) in [7, 11) is -3.69. The van der Waals surface area contributed by atoms with E-state index in [4.69, 9.17) is 0 Å². The summed E-state index contributed by atoms with van der Waals surface area (Å²) >= 11 is 0. The monoisotopic (exact) mass is 424 g/mol. The first-order chi connectivity index (χ1) is 13.9. The molecule has 2 saturated heterocycles. The first kappa shape index (κ1) is 20.8. The lowest BCUT2D eigenvalue weighted by molar-refractivity contribution is -0.896. The maximum atomic E-state index is 13.4. The standard InChI is InChI=1S/C21H30FN3O3S/c22-18-7-3-8-19(15-18)29(27,28)24-13-11-23(12-14-24)16-21(26)25-10-4-6-17-5-1-2-9-20(17)25/h3,7-8,15,17,20H,1-2,4-6,9-14,16H2/p+1/t17-,20+/m1/s1.